The summed E-state index contributed by atoms with van der Waals surface area (Å²) in [6, 6.07) is 12.5. The van der Waals surface area contributed by atoms with Gasteiger partial charge in [0.05, 0.1) is 7.11 Å². The molecule has 0 amide bonds. The molecule has 1 saturated heterocycles. The van der Waals surface area contributed by atoms with E-state index in [1.54, 1.807) is 6.07 Å². The van der Waals surface area contributed by atoms with Crippen LogP contribution in [0.4, 0.5) is 0 Å². The van der Waals surface area contributed by atoms with E-state index in [0.717, 1.165) is 43.8 Å². The molecule has 5 nitrogen and oxygen atoms in total. The predicted octanol–water partition coefficient (Wildman–Crippen LogP) is 3.88. The lowest BCUT2D eigenvalue weighted by Crippen LogP contribution is -2.37. The molecule has 138 valence electrons. The highest BCUT2D eigenvalue weighted by molar-refractivity contribution is 6.30. The van der Waals surface area contributed by atoms with Gasteiger partial charge in [-0.05, 0) is 54.8 Å². The Balaban J connectivity index is 1.54. The van der Waals surface area contributed by atoms with Gasteiger partial charge in [0.1, 0.15) is 23.2 Å². The Hall–Kier alpha value is -2.24. The van der Waals surface area contributed by atoms with Crippen LogP contribution in [0, 0.1) is 0 Å². The Labute approximate surface area is 158 Å². The normalized spacial score (nSPS) is 15.6. The van der Waals surface area contributed by atoms with E-state index in [2.05, 4.69) is 4.90 Å². The monoisotopic (exact) mass is 375 g/mol. The molecule has 1 aliphatic heterocycles. The summed E-state index contributed by atoms with van der Waals surface area (Å²) in [4.78, 5) is 14.0. The summed E-state index contributed by atoms with van der Waals surface area (Å²) in [6.07, 6.45) is 2.06. The molecule has 6 heteroatoms. The average molecular weight is 376 g/mol. The van der Waals surface area contributed by atoms with Crippen LogP contribution in [0.25, 0.3) is 0 Å². The number of phenolic OH excluding ortho intramolecular Hbond substituents is 1. The van der Waals surface area contributed by atoms with Crippen molar-refractivity contribution < 1.29 is 19.4 Å². The molecule has 0 bridgehead atoms. The van der Waals surface area contributed by atoms with Gasteiger partial charge in [-0.25, -0.2) is 4.79 Å². The first-order valence-corrected chi connectivity index (χ1v) is 8.98. The first-order chi connectivity index (χ1) is 12.5. The number of phenols is 1. The fourth-order valence-corrected chi connectivity index (χ4v) is 3.23. The van der Waals surface area contributed by atoms with Crippen molar-refractivity contribution in [1.82, 2.24) is 4.90 Å². The fraction of sp³-hybridized carbons (Fsp3) is 0.350. The molecule has 0 unspecified atom stereocenters. The van der Waals surface area contributed by atoms with Gasteiger partial charge in [-0.2, -0.15) is 0 Å². The number of esters is 1. The average Bonchev–Trinajstić information content (AvgIpc) is 2.66. The summed E-state index contributed by atoms with van der Waals surface area (Å²) in [5, 5.41) is 10.5. The van der Waals surface area contributed by atoms with Crippen LogP contribution in [0.15, 0.2) is 42.5 Å². The number of hydrogen-bond acceptors (Lipinski definition) is 5. The highest BCUT2D eigenvalue weighted by atomic mass is 35.5. The van der Waals surface area contributed by atoms with E-state index in [0.29, 0.717) is 5.02 Å². The predicted molar refractivity (Wildman–Crippen MR) is 99.8 cm³/mol. The number of carbonyl (C=O) groups excluding carboxylic acids is 1. The van der Waals surface area contributed by atoms with Gasteiger partial charge in [-0.1, -0.05) is 17.7 Å². The molecular weight excluding hydrogens is 354 g/mol. The number of methoxy groups -OCH3 is 1. The van der Waals surface area contributed by atoms with Crippen molar-refractivity contribution in [3.05, 3.63) is 58.6 Å². The van der Waals surface area contributed by atoms with Gasteiger partial charge in [-0.3, -0.25) is 4.90 Å². The Morgan fingerprint density at radius 2 is 1.88 bits per heavy atom. The number of ether oxygens (including phenoxy) is 2. The summed E-state index contributed by atoms with van der Waals surface area (Å²) in [5.41, 5.74) is 1.17. The maximum absolute atomic E-state index is 11.7. The number of rotatable bonds is 5. The molecule has 0 saturated carbocycles. The molecule has 1 heterocycles. The Bertz CT molecular complexity index is 755. The maximum Gasteiger partial charge on any atom is 0.341 e. The summed E-state index contributed by atoms with van der Waals surface area (Å²) >= 11 is 5.89. The SMILES string of the molecule is COC(=O)c1cc(CN2CCC(Oc3ccc(Cl)cc3)CC2)ccc1O. The highest BCUT2D eigenvalue weighted by Gasteiger charge is 2.21. The van der Waals surface area contributed by atoms with E-state index in [-0.39, 0.29) is 17.4 Å². The van der Waals surface area contributed by atoms with E-state index < -0.39 is 5.97 Å². The molecule has 2 aromatic rings. The minimum Gasteiger partial charge on any atom is -0.507 e. The Morgan fingerprint density at radius 3 is 2.54 bits per heavy atom. The van der Waals surface area contributed by atoms with Crippen LogP contribution in [0.3, 0.4) is 0 Å². The van der Waals surface area contributed by atoms with Crippen LogP contribution in [-0.2, 0) is 11.3 Å². The molecule has 3 rings (SSSR count). The topological polar surface area (TPSA) is 59.0 Å². The third kappa shape index (κ3) is 4.68. The third-order valence-corrected chi connectivity index (χ3v) is 4.78. The number of benzene rings is 2. The first kappa shape index (κ1) is 18.5. The number of halogens is 1. The van der Waals surface area contributed by atoms with Crippen LogP contribution in [-0.4, -0.2) is 42.3 Å². The second-order valence-electron chi connectivity index (χ2n) is 6.39. The van der Waals surface area contributed by atoms with E-state index in [4.69, 9.17) is 21.1 Å². The van der Waals surface area contributed by atoms with Gasteiger partial charge in [0.25, 0.3) is 0 Å². The number of carbonyl (C=O) groups is 1. The standard InChI is InChI=1S/C20H22ClNO4/c1-25-20(24)18-12-14(2-7-19(18)23)13-22-10-8-17(9-11-22)26-16-5-3-15(21)4-6-16/h2-7,12,17,23H,8-11,13H2,1H3. The molecule has 0 aromatic heterocycles. The number of nitrogens with zero attached hydrogens (tertiary/aromatic N) is 1. The minimum atomic E-state index is -0.528. The van der Waals surface area contributed by atoms with Crippen LogP contribution < -0.4 is 4.74 Å². The van der Waals surface area contributed by atoms with Gasteiger partial charge in [-0.15, -0.1) is 0 Å². The van der Waals surface area contributed by atoms with Gasteiger partial charge in [0.2, 0.25) is 0 Å². The van der Waals surface area contributed by atoms with Crippen molar-refractivity contribution in [2.24, 2.45) is 0 Å². The second kappa shape index (κ2) is 8.43. The Kier molecular flexibility index (Phi) is 6.01. The molecular formula is C20H22ClNO4. The second-order valence-corrected chi connectivity index (χ2v) is 6.83. The van der Waals surface area contributed by atoms with Crippen molar-refractivity contribution in [3.8, 4) is 11.5 Å². The smallest absolute Gasteiger partial charge is 0.341 e. The molecule has 2 aromatic carbocycles. The van der Waals surface area contributed by atoms with E-state index in [1.807, 2.05) is 30.3 Å². The van der Waals surface area contributed by atoms with Crippen molar-refractivity contribution in [2.75, 3.05) is 20.2 Å². The number of piperidine rings is 1. The van der Waals surface area contributed by atoms with Crippen molar-refractivity contribution in [1.29, 1.82) is 0 Å². The van der Waals surface area contributed by atoms with Crippen molar-refractivity contribution in [3.63, 3.8) is 0 Å². The Morgan fingerprint density at radius 1 is 1.19 bits per heavy atom. The summed E-state index contributed by atoms with van der Waals surface area (Å²) < 4.78 is 10.7. The zero-order chi connectivity index (χ0) is 18.5. The van der Waals surface area contributed by atoms with Gasteiger partial charge in [0.15, 0.2) is 0 Å². The van der Waals surface area contributed by atoms with Crippen LogP contribution >= 0.6 is 11.6 Å². The van der Waals surface area contributed by atoms with E-state index >= 15 is 0 Å². The third-order valence-electron chi connectivity index (χ3n) is 4.52. The lowest BCUT2D eigenvalue weighted by Gasteiger charge is -2.32. The van der Waals surface area contributed by atoms with Crippen LogP contribution in [0.5, 0.6) is 11.5 Å². The van der Waals surface area contributed by atoms with Gasteiger partial charge < -0.3 is 14.6 Å². The van der Waals surface area contributed by atoms with Crippen molar-refractivity contribution in [2.45, 2.75) is 25.5 Å². The molecule has 0 atom stereocenters. The largest absolute Gasteiger partial charge is 0.507 e. The number of hydrogen-bond donors (Lipinski definition) is 1. The maximum atomic E-state index is 11.7. The van der Waals surface area contributed by atoms with Crippen LogP contribution in [0.2, 0.25) is 5.02 Å². The molecule has 0 aliphatic carbocycles. The van der Waals surface area contributed by atoms with E-state index in [9.17, 15) is 9.90 Å². The van der Waals surface area contributed by atoms with Gasteiger partial charge >= 0.3 is 5.97 Å². The lowest BCUT2D eigenvalue weighted by atomic mass is 10.1. The van der Waals surface area contributed by atoms with E-state index in [1.165, 1.54) is 13.2 Å². The summed E-state index contributed by atoms with van der Waals surface area (Å²) in [5.74, 6) is 0.254. The molecule has 1 fully saturated rings. The zero-order valence-electron chi connectivity index (χ0n) is 14.7. The first-order valence-electron chi connectivity index (χ1n) is 8.60. The highest BCUT2D eigenvalue weighted by Crippen LogP contribution is 2.24. The van der Waals surface area contributed by atoms with Crippen molar-refractivity contribution >= 4 is 17.6 Å². The molecule has 26 heavy (non-hydrogen) atoms. The lowest BCUT2D eigenvalue weighted by molar-refractivity contribution is 0.0597. The molecule has 0 spiro atoms. The number of likely N-dealkylation sites (tertiary alicyclic amines) is 1. The quantitative estimate of drug-likeness (QED) is 0.804. The summed E-state index contributed by atoms with van der Waals surface area (Å²) in [7, 11) is 1.31. The van der Waals surface area contributed by atoms with Crippen LogP contribution in [0.1, 0.15) is 28.8 Å². The minimum absolute atomic E-state index is 0.0596. The zero-order valence-corrected chi connectivity index (χ0v) is 15.4. The molecule has 1 N–H and O–H groups in total. The van der Waals surface area contributed by atoms with Gasteiger partial charge in [0, 0.05) is 24.7 Å². The molecule has 0 radical (unpaired) electrons. The summed E-state index contributed by atoms with van der Waals surface area (Å²) in [6.45, 7) is 2.54. The number of aromatic hydroxyl groups is 1. The molecule has 1 aliphatic rings. The fourth-order valence-electron chi connectivity index (χ4n) is 3.10.